The molecule has 11 nitrogen and oxygen atoms in total. The Morgan fingerprint density at radius 2 is 2.24 bits per heavy atom. The predicted molar refractivity (Wildman–Crippen MR) is 97.6 cm³/mol. The molecule has 5 heterocycles. The molecule has 14 heteroatoms. The fourth-order valence-electron chi connectivity index (χ4n) is 3.45. The molecule has 5 atom stereocenters. The fraction of sp³-hybridized carbons (Fsp3) is 0.400. The minimum atomic E-state index is -3.65. The number of nitrogens with one attached hydrogen (secondary N) is 1. The molecule has 2 saturated heterocycles. The molecule has 0 aliphatic carbocycles. The first kappa shape index (κ1) is 21.3. The molecule has 5 rings (SSSR count). The van der Waals surface area contributed by atoms with Crippen molar-refractivity contribution >= 4 is 35.5 Å². The van der Waals surface area contributed by atoms with Crippen LogP contribution >= 0.6 is 6.72 Å². The van der Waals surface area contributed by atoms with Gasteiger partial charge in [-0.2, -0.15) is 0 Å². The topological polar surface area (TPSA) is 140 Å². The molecule has 1 unspecified atom stereocenters. The summed E-state index contributed by atoms with van der Waals surface area (Å²) in [7, 11) is 1.72. The van der Waals surface area contributed by atoms with Gasteiger partial charge in [0, 0.05) is 7.05 Å². The predicted octanol–water partition coefficient (Wildman–Crippen LogP) is -2.61. The third kappa shape index (κ3) is 3.57. The number of rotatable bonds is 3. The minimum Gasteiger partial charge on any atom is -0.780 e. The molecule has 0 bridgehead atoms. The number of anilines is 1. The number of aliphatic hydroxyl groups excluding tert-OH is 1. The van der Waals surface area contributed by atoms with Crippen molar-refractivity contribution in [1.29, 1.82) is 0 Å². The molecule has 0 amide bonds. The molecule has 0 radical (unpaired) electrons. The Labute approximate surface area is 191 Å². The van der Waals surface area contributed by atoms with Gasteiger partial charge in [0.2, 0.25) is 0 Å². The largest absolute Gasteiger partial charge is 1.00 e. The Morgan fingerprint density at radius 3 is 2.97 bits per heavy atom. The average molecular weight is 447 g/mol. The molecular formula is C15H15N5NaO6PS. The smallest absolute Gasteiger partial charge is 0.780 e. The maximum absolute atomic E-state index is 12.0. The van der Waals surface area contributed by atoms with Crippen LogP contribution in [0.3, 0.4) is 0 Å². The van der Waals surface area contributed by atoms with Gasteiger partial charge in [0.05, 0.1) is 12.9 Å². The number of hydrogen-bond acceptors (Lipinski definition) is 11. The van der Waals surface area contributed by atoms with E-state index in [-0.39, 0.29) is 36.2 Å². The number of nitrogens with zero attached hydrogens (tertiary/aromatic N) is 4. The van der Waals surface area contributed by atoms with Crippen LogP contribution in [-0.2, 0) is 25.6 Å². The van der Waals surface area contributed by atoms with Gasteiger partial charge in [-0.15, -0.1) is 0 Å². The van der Waals surface area contributed by atoms with E-state index in [0.29, 0.717) is 28.6 Å². The van der Waals surface area contributed by atoms with Crippen LogP contribution in [0.4, 0.5) is 5.82 Å². The van der Waals surface area contributed by atoms with E-state index in [1.54, 1.807) is 23.7 Å². The first-order chi connectivity index (χ1) is 13.5. The zero-order chi connectivity index (χ0) is 19.5. The summed E-state index contributed by atoms with van der Waals surface area (Å²) >= 11 is 4.79. The van der Waals surface area contributed by atoms with E-state index < -0.39 is 31.3 Å². The first-order valence-electron chi connectivity index (χ1n) is 8.40. The molecule has 2 N–H and O–H groups in total. The van der Waals surface area contributed by atoms with Crippen LogP contribution in [0.25, 0.3) is 22.7 Å². The van der Waals surface area contributed by atoms with Crippen molar-refractivity contribution in [3.8, 4) is 11.6 Å². The van der Waals surface area contributed by atoms with Gasteiger partial charge in [0.25, 0.3) is 0 Å². The summed E-state index contributed by atoms with van der Waals surface area (Å²) in [6.07, 6.45) is -0.753. The first-order valence-corrected chi connectivity index (χ1v) is 11.0. The Hall–Kier alpha value is -0.920. The van der Waals surface area contributed by atoms with Crippen molar-refractivity contribution in [2.75, 3.05) is 19.0 Å². The Morgan fingerprint density at radius 1 is 1.41 bits per heavy atom. The molecule has 2 aliphatic rings. The maximum atomic E-state index is 12.0. The van der Waals surface area contributed by atoms with Gasteiger partial charge in [-0.1, -0.05) is 11.8 Å². The third-order valence-corrected chi connectivity index (χ3v) is 6.21. The monoisotopic (exact) mass is 447 g/mol. The number of ether oxygens (including phenoxy) is 1. The van der Waals surface area contributed by atoms with Crippen LogP contribution in [0.2, 0.25) is 0 Å². The van der Waals surface area contributed by atoms with Gasteiger partial charge >= 0.3 is 29.6 Å². The minimum absolute atomic E-state index is 0. The average Bonchev–Trinajstić information content (AvgIpc) is 3.38. The second-order valence-electron chi connectivity index (χ2n) is 6.30. The molecule has 2 fully saturated rings. The van der Waals surface area contributed by atoms with Crippen molar-refractivity contribution in [3.63, 3.8) is 0 Å². The second-order valence-corrected chi connectivity index (χ2v) is 9.00. The standard InChI is InChI=1S/C15H16N5O6PS.Na/c1-16-12-9-14(18-6-17-12)20(13(19-9)7-3-2-4-23-7)15-10(21)11-8(25-15)5-24-27(22,28)26-11;/h2-4,6,8,10-11,15,21H,5H2,1H3,(H,22,28)(H,16,17,18);/q;+1/p-1/t8-,10-,11-,15-,27?;/m1./s1. The Bertz CT molecular complexity index is 1080. The Balaban J connectivity index is 0.00000205. The second kappa shape index (κ2) is 7.97. The van der Waals surface area contributed by atoms with Crippen LogP contribution in [0.1, 0.15) is 6.23 Å². The van der Waals surface area contributed by atoms with Gasteiger partial charge in [-0.3, -0.25) is 4.57 Å². The fourth-order valence-corrected chi connectivity index (χ4v) is 4.88. The number of aliphatic hydroxyl groups is 1. The molecule has 0 saturated carbocycles. The van der Waals surface area contributed by atoms with E-state index in [1.165, 1.54) is 12.6 Å². The van der Waals surface area contributed by atoms with E-state index in [1.807, 2.05) is 0 Å². The van der Waals surface area contributed by atoms with Crippen molar-refractivity contribution in [2.45, 2.75) is 24.5 Å². The van der Waals surface area contributed by atoms with Crippen LogP contribution in [0.5, 0.6) is 0 Å². The summed E-state index contributed by atoms with van der Waals surface area (Å²) in [5.74, 6) is 1.36. The third-order valence-electron chi connectivity index (χ3n) is 4.67. The molecule has 2 aliphatic heterocycles. The van der Waals surface area contributed by atoms with E-state index in [0.717, 1.165) is 0 Å². The van der Waals surface area contributed by atoms with Crippen molar-refractivity contribution in [3.05, 3.63) is 24.7 Å². The van der Waals surface area contributed by atoms with Crippen LogP contribution in [0, 0.1) is 0 Å². The number of fused-ring (bicyclic) bond motifs is 2. The van der Waals surface area contributed by atoms with E-state index in [9.17, 15) is 10.00 Å². The zero-order valence-electron chi connectivity index (χ0n) is 15.5. The van der Waals surface area contributed by atoms with Crippen LogP contribution in [0.15, 0.2) is 29.1 Å². The SMILES string of the molecule is CNc1ncnc2c1nc(-c1ccco1)n2[C@@H]1O[C@@H]2COP([O-])(=S)O[C@H]2[C@H]1O.[Na+]. The molecular weight excluding hydrogens is 432 g/mol. The van der Waals surface area contributed by atoms with Gasteiger partial charge in [-0.25, -0.2) is 15.0 Å². The van der Waals surface area contributed by atoms with Gasteiger partial charge in [0.1, 0.15) is 31.4 Å². The van der Waals surface area contributed by atoms with Crippen molar-refractivity contribution in [1.82, 2.24) is 19.5 Å². The van der Waals surface area contributed by atoms with Gasteiger partial charge in [-0.05, 0) is 12.1 Å². The molecule has 29 heavy (non-hydrogen) atoms. The maximum Gasteiger partial charge on any atom is 1.00 e. The number of furan rings is 1. The number of hydrogen-bond donors (Lipinski definition) is 2. The molecule has 148 valence electrons. The van der Waals surface area contributed by atoms with E-state index in [2.05, 4.69) is 20.3 Å². The summed E-state index contributed by atoms with van der Waals surface area (Å²) in [6, 6.07) is 3.45. The zero-order valence-corrected chi connectivity index (χ0v) is 19.2. The van der Waals surface area contributed by atoms with Crippen LogP contribution in [-0.4, -0.2) is 56.6 Å². The van der Waals surface area contributed by atoms with Crippen LogP contribution < -0.4 is 39.8 Å². The van der Waals surface area contributed by atoms with Gasteiger partial charge in [0.15, 0.2) is 34.8 Å². The quantitative estimate of drug-likeness (QED) is 0.322. The van der Waals surface area contributed by atoms with E-state index >= 15 is 0 Å². The molecule has 3 aromatic heterocycles. The summed E-state index contributed by atoms with van der Waals surface area (Å²) in [4.78, 5) is 25.1. The van der Waals surface area contributed by atoms with Crippen molar-refractivity contribution < 1.29 is 57.8 Å². The molecule has 0 aromatic carbocycles. The summed E-state index contributed by atoms with van der Waals surface area (Å²) in [5, 5.41) is 13.8. The summed E-state index contributed by atoms with van der Waals surface area (Å²) < 4.78 is 23.4. The number of imidazole rings is 1. The van der Waals surface area contributed by atoms with E-state index in [4.69, 9.17) is 30.0 Å². The normalized spacial score (nSPS) is 31.4. The Kier molecular flexibility index (Phi) is 5.86. The number of aromatic nitrogens is 4. The molecule has 3 aromatic rings. The van der Waals surface area contributed by atoms with Crippen molar-refractivity contribution in [2.24, 2.45) is 0 Å². The summed E-state index contributed by atoms with van der Waals surface area (Å²) in [5.41, 5.74) is 0.907. The van der Waals surface area contributed by atoms with Gasteiger partial charge < -0.3 is 33.5 Å². The summed E-state index contributed by atoms with van der Waals surface area (Å²) in [6.45, 7) is -3.70. The molecule has 0 spiro atoms.